The molecule has 0 saturated carbocycles. The molecule has 0 N–H and O–H groups in total. The van der Waals surface area contributed by atoms with Crippen molar-refractivity contribution in [2.75, 3.05) is 50.4 Å². The van der Waals surface area contributed by atoms with E-state index in [2.05, 4.69) is 15.1 Å². The quantitative estimate of drug-likeness (QED) is 0.730. The standard InChI is InChI=1S/C19H25N5O4S/c1-29(26,27)24-8-6-15(7-9-24)19(25)23-12-10-22(11-13-23)18-5-4-16(20-21-18)17-3-2-14-28-17/h2-5,14-15H,6-13H2,1H3. The zero-order valence-electron chi connectivity index (χ0n) is 16.4. The Morgan fingerprint density at radius 1 is 1.03 bits per heavy atom. The average molecular weight is 420 g/mol. The van der Waals surface area contributed by atoms with E-state index < -0.39 is 10.0 Å². The summed E-state index contributed by atoms with van der Waals surface area (Å²) in [6.45, 7) is 3.50. The molecular weight excluding hydrogens is 394 g/mol. The normalized spacial score (nSPS) is 19.5. The molecule has 0 radical (unpaired) electrons. The highest BCUT2D eigenvalue weighted by Crippen LogP contribution is 2.23. The second-order valence-corrected chi connectivity index (χ2v) is 9.49. The summed E-state index contributed by atoms with van der Waals surface area (Å²) in [6.07, 6.45) is 4.00. The van der Waals surface area contributed by atoms with Crippen LogP contribution in [0.1, 0.15) is 12.8 Å². The van der Waals surface area contributed by atoms with Crippen molar-refractivity contribution < 1.29 is 17.6 Å². The Hall–Kier alpha value is -2.46. The van der Waals surface area contributed by atoms with Crippen molar-refractivity contribution in [3.8, 4) is 11.5 Å². The van der Waals surface area contributed by atoms with Crippen LogP contribution in [-0.2, 0) is 14.8 Å². The van der Waals surface area contributed by atoms with Gasteiger partial charge < -0.3 is 14.2 Å². The molecular formula is C19H25N5O4S. The van der Waals surface area contributed by atoms with Crippen molar-refractivity contribution in [1.82, 2.24) is 19.4 Å². The zero-order chi connectivity index (χ0) is 20.4. The average Bonchev–Trinajstić information content (AvgIpc) is 3.28. The van der Waals surface area contributed by atoms with Gasteiger partial charge >= 0.3 is 0 Å². The molecule has 0 unspecified atom stereocenters. The Kier molecular flexibility index (Phi) is 5.55. The van der Waals surface area contributed by atoms with E-state index in [0.717, 1.165) is 5.82 Å². The van der Waals surface area contributed by atoms with Crippen LogP contribution in [0.3, 0.4) is 0 Å². The molecule has 0 bridgehead atoms. The van der Waals surface area contributed by atoms with Crippen LogP contribution < -0.4 is 4.90 Å². The Labute approximate surface area is 170 Å². The van der Waals surface area contributed by atoms with Crippen LogP contribution >= 0.6 is 0 Å². The predicted octanol–water partition coefficient (Wildman–Crippen LogP) is 1.06. The largest absolute Gasteiger partial charge is 0.463 e. The number of piperidine rings is 1. The molecule has 2 aliphatic rings. The Bertz CT molecular complexity index is 929. The van der Waals surface area contributed by atoms with Gasteiger partial charge in [0.25, 0.3) is 0 Å². The first-order valence-electron chi connectivity index (χ1n) is 9.78. The molecule has 156 valence electrons. The van der Waals surface area contributed by atoms with E-state index in [1.54, 1.807) is 6.26 Å². The minimum absolute atomic E-state index is 0.0908. The van der Waals surface area contributed by atoms with Crippen LogP contribution in [0, 0.1) is 5.92 Å². The predicted molar refractivity (Wildman–Crippen MR) is 108 cm³/mol. The molecule has 0 spiro atoms. The fourth-order valence-corrected chi connectivity index (χ4v) is 4.77. The molecule has 2 saturated heterocycles. The van der Waals surface area contributed by atoms with Crippen molar-refractivity contribution in [3.63, 3.8) is 0 Å². The van der Waals surface area contributed by atoms with Crippen LogP contribution in [0.5, 0.6) is 0 Å². The zero-order valence-corrected chi connectivity index (χ0v) is 17.2. The smallest absolute Gasteiger partial charge is 0.225 e. The molecule has 1 amide bonds. The molecule has 2 aromatic rings. The second-order valence-electron chi connectivity index (χ2n) is 7.50. The molecule has 4 rings (SSSR count). The van der Waals surface area contributed by atoms with E-state index in [-0.39, 0.29) is 11.8 Å². The number of hydrogen-bond donors (Lipinski definition) is 0. The van der Waals surface area contributed by atoms with Gasteiger partial charge in [-0.1, -0.05) is 0 Å². The van der Waals surface area contributed by atoms with Crippen LogP contribution in [0.4, 0.5) is 5.82 Å². The lowest BCUT2D eigenvalue weighted by molar-refractivity contribution is -0.137. The van der Waals surface area contributed by atoms with Gasteiger partial charge in [-0.05, 0) is 37.1 Å². The number of nitrogens with zero attached hydrogens (tertiary/aromatic N) is 5. The van der Waals surface area contributed by atoms with Gasteiger partial charge in [0, 0.05) is 45.2 Å². The lowest BCUT2D eigenvalue weighted by Crippen LogP contribution is -2.52. The van der Waals surface area contributed by atoms with Gasteiger partial charge in [0.1, 0.15) is 5.69 Å². The Morgan fingerprint density at radius 2 is 1.76 bits per heavy atom. The van der Waals surface area contributed by atoms with E-state index in [1.165, 1.54) is 10.6 Å². The third kappa shape index (κ3) is 4.43. The molecule has 29 heavy (non-hydrogen) atoms. The highest BCUT2D eigenvalue weighted by atomic mass is 32.2. The summed E-state index contributed by atoms with van der Waals surface area (Å²) in [4.78, 5) is 16.8. The van der Waals surface area contributed by atoms with Crippen molar-refractivity contribution >= 4 is 21.7 Å². The number of anilines is 1. The van der Waals surface area contributed by atoms with E-state index >= 15 is 0 Å². The second kappa shape index (κ2) is 8.11. The van der Waals surface area contributed by atoms with Gasteiger partial charge in [-0.3, -0.25) is 4.79 Å². The van der Waals surface area contributed by atoms with E-state index in [1.807, 2.05) is 29.2 Å². The summed E-state index contributed by atoms with van der Waals surface area (Å²) in [6, 6.07) is 7.46. The van der Waals surface area contributed by atoms with Crippen LogP contribution in [0.25, 0.3) is 11.5 Å². The molecule has 0 atom stereocenters. The highest BCUT2D eigenvalue weighted by Gasteiger charge is 2.32. The lowest BCUT2D eigenvalue weighted by Gasteiger charge is -2.38. The molecule has 9 nitrogen and oxygen atoms in total. The fraction of sp³-hybridized carbons (Fsp3) is 0.526. The van der Waals surface area contributed by atoms with Gasteiger partial charge in [0.2, 0.25) is 15.9 Å². The summed E-state index contributed by atoms with van der Waals surface area (Å²) >= 11 is 0. The Morgan fingerprint density at radius 3 is 2.31 bits per heavy atom. The van der Waals surface area contributed by atoms with Crippen molar-refractivity contribution in [3.05, 3.63) is 30.5 Å². The molecule has 0 aliphatic carbocycles. The number of aromatic nitrogens is 2. The van der Waals surface area contributed by atoms with Gasteiger partial charge in [-0.25, -0.2) is 12.7 Å². The first-order chi connectivity index (χ1) is 13.9. The monoisotopic (exact) mass is 419 g/mol. The molecule has 2 fully saturated rings. The maximum atomic E-state index is 12.8. The van der Waals surface area contributed by atoms with Crippen LogP contribution in [-0.4, -0.2) is 79.3 Å². The third-order valence-corrected chi connectivity index (χ3v) is 6.91. The number of carbonyl (C=O) groups is 1. The molecule has 2 aliphatic heterocycles. The summed E-state index contributed by atoms with van der Waals surface area (Å²) in [5.74, 6) is 1.51. The number of furan rings is 1. The summed E-state index contributed by atoms with van der Waals surface area (Å²) in [5, 5.41) is 8.53. The fourth-order valence-electron chi connectivity index (χ4n) is 3.90. The minimum atomic E-state index is -3.17. The van der Waals surface area contributed by atoms with Gasteiger partial charge in [0.05, 0.1) is 12.5 Å². The first-order valence-corrected chi connectivity index (χ1v) is 11.6. The maximum absolute atomic E-state index is 12.8. The maximum Gasteiger partial charge on any atom is 0.225 e. The van der Waals surface area contributed by atoms with Crippen molar-refractivity contribution in [2.45, 2.75) is 12.8 Å². The highest BCUT2D eigenvalue weighted by molar-refractivity contribution is 7.88. The molecule has 4 heterocycles. The molecule has 2 aromatic heterocycles. The van der Waals surface area contributed by atoms with E-state index in [4.69, 9.17) is 4.42 Å². The van der Waals surface area contributed by atoms with Crippen molar-refractivity contribution in [2.24, 2.45) is 5.92 Å². The first kappa shape index (κ1) is 19.8. The number of rotatable bonds is 4. The van der Waals surface area contributed by atoms with Gasteiger partial charge in [-0.2, -0.15) is 0 Å². The molecule has 10 heteroatoms. The third-order valence-electron chi connectivity index (χ3n) is 5.61. The number of carbonyl (C=O) groups excluding carboxylic acids is 1. The number of hydrogen-bond acceptors (Lipinski definition) is 7. The summed E-state index contributed by atoms with van der Waals surface area (Å²) in [7, 11) is -3.17. The topological polar surface area (TPSA) is 99.9 Å². The number of piperazine rings is 1. The van der Waals surface area contributed by atoms with Crippen molar-refractivity contribution in [1.29, 1.82) is 0 Å². The SMILES string of the molecule is CS(=O)(=O)N1CCC(C(=O)N2CCN(c3ccc(-c4ccco4)nn3)CC2)CC1. The summed E-state index contributed by atoms with van der Waals surface area (Å²) in [5.41, 5.74) is 0.688. The van der Waals surface area contributed by atoms with Gasteiger partial charge in [0.15, 0.2) is 11.6 Å². The van der Waals surface area contributed by atoms with Crippen LogP contribution in [0.2, 0.25) is 0 Å². The van der Waals surface area contributed by atoms with E-state index in [9.17, 15) is 13.2 Å². The summed E-state index contributed by atoms with van der Waals surface area (Å²) < 4.78 is 30.1. The lowest BCUT2D eigenvalue weighted by atomic mass is 9.96. The Balaban J connectivity index is 1.30. The van der Waals surface area contributed by atoms with E-state index in [0.29, 0.717) is 63.6 Å². The van der Waals surface area contributed by atoms with Gasteiger partial charge in [-0.15, -0.1) is 10.2 Å². The van der Waals surface area contributed by atoms with Crippen LogP contribution in [0.15, 0.2) is 34.9 Å². The number of sulfonamides is 1. The number of amides is 1. The minimum Gasteiger partial charge on any atom is -0.463 e. The molecule has 0 aromatic carbocycles.